The highest BCUT2D eigenvalue weighted by Crippen LogP contribution is 2.48. The molecule has 1 rings (SSSR count). The molecule has 0 bridgehead atoms. The third-order valence-electron chi connectivity index (χ3n) is 7.19. The van der Waals surface area contributed by atoms with Crippen molar-refractivity contribution in [2.45, 2.75) is 94.5 Å². The van der Waals surface area contributed by atoms with Gasteiger partial charge in [0.25, 0.3) is 0 Å². The maximum atomic E-state index is 5.60. The van der Waals surface area contributed by atoms with E-state index in [4.69, 9.17) is 5.73 Å². The normalized spacial score (nSPS) is 22.2. The van der Waals surface area contributed by atoms with Gasteiger partial charge in [0.15, 0.2) is 0 Å². The highest BCUT2D eigenvalue weighted by atomic mass is 14.9. The zero-order chi connectivity index (χ0) is 27.7. The minimum absolute atomic E-state index is 0.0908. The number of allylic oxidation sites excluding steroid dienone is 12. The van der Waals surface area contributed by atoms with Crippen LogP contribution in [0.3, 0.4) is 0 Å². The summed E-state index contributed by atoms with van der Waals surface area (Å²) in [5.41, 5.74) is 10.6. The summed E-state index contributed by atoms with van der Waals surface area (Å²) in [5, 5.41) is 3.88. The summed E-state index contributed by atoms with van der Waals surface area (Å²) < 4.78 is 0. The molecular weight excluding hydrogens is 436 g/mol. The second kappa shape index (κ2) is 17.9. The third-order valence-corrected chi connectivity index (χ3v) is 7.19. The van der Waals surface area contributed by atoms with Crippen LogP contribution >= 0.6 is 0 Å². The molecule has 3 N–H and O–H groups in total. The first kappa shape index (κ1) is 33.5. The van der Waals surface area contributed by atoms with E-state index in [9.17, 15) is 0 Å². The van der Waals surface area contributed by atoms with Crippen molar-refractivity contribution in [1.82, 2.24) is 5.32 Å². The quantitative estimate of drug-likeness (QED) is 0.198. The summed E-state index contributed by atoms with van der Waals surface area (Å²) in [6.45, 7) is 26.4. The molecular formula is C34H56N2. The van der Waals surface area contributed by atoms with Crippen LogP contribution in [0.4, 0.5) is 0 Å². The smallest absolute Gasteiger partial charge is 0.0368 e. The van der Waals surface area contributed by atoms with E-state index in [2.05, 4.69) is 115 Å². The van der Waals surface area contributed by atoms with Gasteiger partial charge >= 0.3 is 0 Å². The van der Waals surface area contributed by atoms with Crippen molar-refractivity contribution in [2.24, 2.45) is 28.9 Å². The van der Waals surface area contributed by atoms with E-state index in [-0.39, 0.29) is 11.5 Å². The lowest BCUT2D eigenvalue weighted by Gasteiger charge is -2.47. The molecule has 0 radical (unpaired) electrons. The van der Waals surface area contributed by atoms with E-state index in [1.807, 2.05) is 26.8 Å². The lowest BCUT2D eigenvalue weighted by atomic mass is 9.59. The fraction of sp³-hybridized carbons (Fsp3) is 0.529. The number of hydrogen-bond donors (Lipinski definition) is 2. The average Bonchev–Trinajstić information content (AvgIpc) is 2.87. The summed E-state index contributed by atoms with van der Waals surface area (Å²) in [6, 6.07) is 0.211. The van der Waals surface area contributed by atoms with Gasteiger partial charge in [0.2, 0.25) is 0 Å². The van der Waals surface area contributed by atoms with Gasteiger partial charge < -0.3 is 11.1 Å². The molecule has 0 aliphatic heterocycles. The van der Waals surface area contributed by atoms with Crippen LogP contribution in [0.2, 0.25) is 0 Å². The Hall–Kier alpha value is -2.48. The topological polar surface area (TPSA) is 38.0 Å². The second-order valence-electron chi connectivity index (χ2n) is 9.78. The van der Waals surface area contributed by atoms with Crippen LogP contribution in [-0.2, 0) is 0 Å². The Balaban J connectivity index is 0.00000596. The lowest BCUT2D eigenvalue weighted by molar-refractivity contribution is 0.178. The molecule has 36 heavy (non-hydrogen) atoms. The number of nitrogens with two attached hydrogens (primary N) is 1. The monoisotopic (exact) mass is 492 g/mol. The fourth-order valence-corrected chi connectivity index (χ4v) is 5.15. The van der Waals surface area contributed by atoms with Gasteiger partial charge in [-0.05, 0) is 81.7 Å². The van der Waals surface area contributed by atoms with Crippen LogP contribution in [0, 0.1) is 23.2 Å². The van der Waals surface area contributed by atoms with Crippen LogP contribution < -0.4 is 11.1 Å². The first-order valence-corrected chi connectivity index (χ1v) is 14.1. The van der Waals surface area contributed by atoms with Crippen LogP contribution in [0.1, 0.15) is 88.5 Å². The molecule has 0 heterocycles. The molecule has 1 aliphatic carbocycles. The zero-order valence-corrected chi connectivity index (χ0v) is 25.1. The Morgan fingerprint density at radius 1 is 1.19 bits per heavy atom. The molecule has 0 saturated heterocycles. The molecule has 202 valence electrons. The van der Waals surface area contributed by atoms with Crippen LogP contribution in [-0.4, -0.2) is 6.04 Å². The van der Waals surface area contributed by atoms with E-state index >= 15 is 0 Å². The number of rotatable bonds is 13. The molecule has 0 aromatic carbocycles. The Morgan fingerprint density at radius 2 is 1.86 bits per heavy atom. The molecule has 0 amide bonds. The summed E-state index contributed by atoms with van der Waals surface area (Å²) in [5.74, 6) is 1.17. The zero-order valence-electron chi connectivity index (χ0n) is 25.1. The molecule has 1 aliphatic rings. The van der Waals surface area contributed by atoms with E-state index < -0.39 is 0 Å². The fourth-order valence-electron chi connectivity index (χ4n) is 5.15. The molecule has 0 saturated carbocycles. The highest BCUT2D eigenvalue weighted by Gasteiger charge is 2.43. The van der Waals surface area contributed by atoms with Gasteiger partial charge in [0.05, 0.1) is 0 Å². The van der Waals surface area contributed by atoms with Gasteiger partial charge in [-0.2, -0.15) is 0 Å². The van der Waals surface area contributed by atoms with Crippen molar-refractivity contribution in [1.29, 1.82) is 0 Å². The minimum Gasteiger partial charge on any atom is -0.405 e. The van der Waals surface area contributed by atoms with Gasteiger partial charge in [-0.25, -0.2) is 0 Å². The van der Waals surface area contributed by atoms with E-state index in [1.54, 1.807) is 6.20 Å². The first-order valence-electron chi connectivity index (χ1n) is 14.1. The molecule has 0 fully saturated rings. The largest absolute Gasteiger partial charge is 0.405 e. The molecule has 0 aromatic rings. The predicted molar refractivity (Wildman–Crippen MR) is 165 cm³/mol. The van der Waals surface area contributed by atoms with Gasteiger partial charge in [0.1, 0.15) is 0 Å². The van der Waals surface area contributed by atoms with E-state index in [0.29, 0.717) is 17.8 Å². The van der Waals surface area contributed by atoms with E-state index in [0.717, 1.165) is 30.5 Å². The van der Waals surface area contributed by atoms with Crippen molar-refractivity contribution >= 4 is 0 Å². The standard InChI is InChI=1S/C32H50N2.C2H6/c1-10-14-19-30(25(6)12-3)34-27(8)32(9,20-15-11-2)31-26(7)22-24(5)23-29(31)28(13-4)18-16-17-21-33;1-2/h10,14-23,26-28,31,34H,6,11-13,33H2,1-5,7-9H3;1-2H3/b14-10-,18-16-,20-15?,21-17-,30-19-;/t26?,27-,28?,31?,32?;/m0./s1. The summed E-state index contributed by atoms with van der Waals surface area (Å²) in [7, 11) is 0. The Morgan fingerprint density at radius 3 is 2.39 bits per heavy atom. The van der Waals surface area contributed by atoms with Gasteiger partial charge in [-0.1, -0.05) is 115 Å². The van der Waals surface area contributed by atoms with Gasteiger partial charge in [-0.15, -0.1) is 0 Å². The molecule has 4 unspecified atom stereocenters. The summed E-state index contributed by atoms with van der Waals surface area (Å²) in [6.07, 6.45) is 26.9. The van der Waals surface area contributed by atoms with Crippen molar-refractivity contribution in [3.05, 3.63) is 96.0 Å². The lowest BCUT2D eigenvalue weighted by Crippen LogP contribution is -2.48. The maximum Gasteiger partial charge on any atom is 0.0368 e. The van der Waals surface area contributed by atoms with Crippen LogP contribution in [0.25, 0.3) is 0 Å². The average molecular weight is 493 g/mol. The van der Waals surface area contributed by atoms with Crippen molar-refractivity contribution < 1.29 is 0 Å². The molecule has 5 atom stereocenters. The second-order valence-corrected chi connectivity index (χ2v) is 9.78. The van der Waals surface area contributed by atoms with Crippen LogP contribution in [0.15, 0.2) is 96.0 Å². The maximum absolute atomic E-state index is 5.60. The van der Waals surface area contributed by atoms with Gasteiger partial charge in [-0.3, -0.25) is 0 Å². The van der Waals surface area contributed by atoms with Crippen molar-refractivity contribution in [3.63, 3.8) is 0 Å². The summed E-state index contributed by atoms with van der Waals surface area (Å²) in [4.78, 5) is 0. The van der Waals surface area contributed by atoms with Crippen LogP contribution in [0.5, 0.6) is 0 Å². The van der Waals surface area contributed by atoms with Crippen molar-refractivity contribution in [3.8, 4) is 0 Å². The first-order chi connectivity index (χ1) is 17.2. The third kappa shape index (κ3) is 9.52. The molecule has 2 nitrogen and oxygen atoms in total. The van der Waals surface area contributed by atoms with E-state index in [1.165, 1.54) is 11.1 Å². The Bertz CT molecular complexity index is 862. The number of hydrogen-bond acceptors (Lipinski definition) is 2. The Kier molecular flexibility index (Phi) is 16.6. The highest BCUT2D eigenvalue weighted by molar-refractivity contribution is 5.38. The Labute approximate surface area is 224 Å². The molecule has 0 aromatic heterocycles. The predicted octanol–water partition coefficient (Wildman–Crippen LogP) is 9.58. The molecule has 2 heteroatoms. The SMILES string of the molecule is C=C(CC)/C(=C/C=C\C)N[C@@H](C)C(C)(C=CCC)C1C(C(/C=C\C=C/N)CC)=CC(C)=CC1C.CC. The van der Waals surface area contributed by atoms with Crippen molar-refractivity contribution in [2.75, 3.05) is 0 Å². The van der Waals surface area contributed by atoms with Gasteiger partial charge in [0, 0.05) is 17.2 Å². The summed E-state index contributed by atoms with van der Waals surface area (Å²) >= 11 is 0. The molecule has 0 spiro atoms. The number of nitrogens with one attached hydrogen (secondary N) is 1. The minimum atomic E-state index is -0.0908.